The van der Waals surface area contributed by atoms with Crippen LogP contribution in [0.25, 0.3) is 21.3 Å². The number of anilines is 1. The maximum absolute atomic E-state index is 13.0. The Morgan fingerprint density at radius 3 is 2.79 bits per heavy atom. The third-order valence-electron chi connectivity index (χ3n) is 4.25. The molecule has 0 spiro atoms. The van der Waals surface area contributed by atoms with Gasteiger partial charge in [0.15, 0.2) is 5.13 Å². The summed E-state index contributed by atoms with van der Waals surface area (Å²) >= 11 is 4.87. The number of methoxy groups -OCH3 is 1. The van der Waals surface area contributed by atoms with Gasteiger partial charge in [-0.25, -0.2) is 4.98 Å². The summed E-state index contributed by atoms with van der Waals surface area (Å²) in [6.07, 6.45) is 1.59. The summed E-state index contributed by atoms with van der Waals surface area (Å²) in [6.45, 7) is 1.89. The van der Waals surface area contributed by atoms with E-state index in [1.54, 1.807) is 13.3 Å². The molecule has 28 heavy (non-hydrogen) atoms. The van der Waals surface area contributed by atoms with Gasteiger partial charge < -0.3 is 4.74 Å². The molecule has 0 bridgehead atoms. The van der Waals surface area contributed by atoms with Crippen molar-refractivity contribution in [2.45, 2.75) is 6.92 Å². The number of para-hydroxylation sites is 1. The minimum Gasteiger partial charge on any atom is -0.496 e. The van der Waals surface area contributed by atoms with Gasteiger partial charge in [-0.05, 0) is 37.3 Å². The molecule has 0 aliphatic heterocycles. The van der Waals surface area contributed by atoms with E-state index in [1.807, 2.05) is 55.5 Å². The lowest BCUT2D eigenvalue weighted by atomic mass is 9.99. The lowest BCUT2D eigenvalue weighted by Crippen LogP contribution is -2.14. The Hall–Kier alpha value is -2.77. The number of hydrogen-bond donors (Lipinski definition) is 1. The van der Waals surface area contributed by atoms with Crippen LogP contribution in [-0.4, -0.2) is 23.0 Å². The Kier molecular flexibility index (Phi) is 5.11. The number of rotatable bonds is 4. The summed E-state index contributed by atoms with van der Waals surface area (Å²) in [5, 5.41) is 3.45. The minimum atomic E-state index is -0.258. The molecular formula is C21H16BrN3O2S. The highest BCUT2D eigenvalue weighted by atomic mass is 79.9. The smallest absolute Gasteiger partial charge is 0.259 e. The predicted molar refractivity (Wildman–Crippen MR) is 116 cm³/mol. The molecule has 0 aliphatic carbocycles. The molecule has 4 aromatic rings. The molecule has 2 aromatic carbocycles. The van der Waals surface area contributed by atoms with Crippen molar-refractivity contribution in [1.29, 1.82) is 0 Å². The van der Waals surface area contributed by atoms with Crippen LogP contribution in [-0.2, 0) is 0 Å². The molecule has 1 amide bonds. The Labute approximate surface area is 174 Å². The van der Waals surface area contributed by atoms with Crippen LogP contribution < -0.4 is 10.1 Å². The van der Waals surface area contributed by atoms with Crippen molar-refractivity contribution in [2.75, 3.05) is 12.4 Å². The quantitative estimate of drug-likeness (QED) is 0.430. The second-order valence-electron chi connectivity index (χ2n) is 6.16. The zero-order valence-corrected chi connectivity index (χ0v) is 17.6. The topological polar surface area (TPSA) is 64.1 Å². The Morgan fingerprint density at radius 2 is 1.96 bits per heavy atom. The van der Waals surface area contributed by atoms with Gasteiger partial charge in [-0.15, -0.1) is 0 Å². The number of fused-ring (bicyclic) bond motifs is 1. The van der Waals surface area contributed by atoms with Crippen molar-refractivity contribution in [1.82, 2.24) is 9.97 Å². The van der Waals surface area contributed by atoms with Crippen molar-refractivity contribution in [2.24, 2.45) is 0 Å². The van der Waals surface area contributed by atoms with E-state index in [0.29, 0.717) is 16.4 Å². The minimum absolute atomic E-state index is 0.258. The molecule has 0 atom stereocenters. The highest BCUT2D eigenvalue weighted by molar-refractivity contribution is 9.10. The van der Waals surface area contributed by atoms with Crippen LogP contribution in [0.3, 0.4) is 0 Å². The molecule has 0 saturated carbocycles. The number of halogens is 1. The van der Waals surface area contributed by atoms with Gasteiger partial charge >= 0.3 is 0 Å². The molecule has 7 heteroatoms. The zero-order chi connectivity index (χ0) is 19.7. The molecule has 0 aliphatic rings. The lowest BCUT2D eigenvalue weighted by Gasteiger charge is -2.13. The van der Waals surface area contributed by atoms with Gasteiger partial charge in [0.05, 0.1) is 22.9 Å². The van der Waals surface area contributed by atoms with Gasteiger partial charge in [0.1, 0.15) is 5.75 Å². The van der Waals surface area contributed by atoms with E-state index in [-0.39, 0.29) is 5.91 Å². The average Bonchev–Trinajstić information content (AvgIpc) is 3.09. The number of aromatic nitrogens is 2. The van der Waals surface area contributed by atoms with Gasteiger partial charge in [0, 0.05) is 27.5 Å². The molecule has 0 unspecified atom stereocenters. The van der Waals surface area contributed by atoms with E-state index in [1.165, 1.54) is 11.3 Å². The number of amides is 1. The first-order valence-corrected chi connectivity index (χ1v) is 10.1. The summed E-state index contributed by atoms with van der Waals surface area (Å²) in [5.41, 5.74) is 3.74. The number of nitrogens with one attached hydrogen (secondary N) is 1. The summed E-state index contributed by atoms with van der Waals surface area (Å²) in [6, 6.07) is 15.4. The van der Waals surface area contributed by atoms with E-state index in [2.05, 4.69) is 31.2 Å². The van der Waals surface area contributed by atoms with Crippen LogP contribution in [0.4, 0.5) is 5.13 Å². The van der Waals surface area contributed by atoms with Gasteiger partial charge in [-0.2, -0.15) is 0 Å². The van der Waals surface area contributed by atoms with E-state index >= 15 is 0 Å². The maximum Gasteiger partial charge on any atom is 0.259 e. The number of thiazole rings is 1. The van der Waals surface area contributed by atoms with Gasteiger partial charge in [-0.1, -0.05) is 45.5 Å². The SMILES string of the molecule is COc1ccccc1-c1cc(C)ncc1C(=O)Nc1nc2cc(Br)ccc2s1. The van der Waals surface area contributed by atoms with Gasteiger partial charge in [-0.3, -0.25) is 15.1 Å². The standard InChI is InChI=1S/C21H16BrN3O2S/c1-12-9-15(14-5-3-4-6-18(14)27-2)16(11-23-12)20(26)25-21-24-17-10-13(22)7-8-19(17)28-21/h3-11H,1-2H3,(H,24,25,26). The van der Waals surface area contributed by atoms with Crippen LogP contribution >= 0.6 is 27.3 Å². The molecular weight excluding hydrogens is 438 g/mol. The first-order chi connectivity index (χ1) is 13.5. The first kappa shape index (κ1) is 18.6. The van der Waals surface area contributed by atoms with Crippen molar-refractivity contribution >= 4 is 48.5 Å². The number of benzene rings is 2. The Balaban J connectivity index is 1.73. The Bertz CT molecular complexity index is 1190. The molecule has 0 saturated heterocycles. The molecule has 2 aromatic heterocycles. The van der Waals surface area contributed by atoms with Crippen LogP contribution in [0.5, 0.6) is 5.75 Å². The number of ether oxygens (including phenoxy) is 1. The highest BCUT2D eigenvalue weighted by Crippen LogP contribution is 2.33. The van der Waals surface area contributed by atoms with E-state index < -0.39 is 0 Å². The summed E-state index contributed by atoms with van der Waals surface area (Å²) in [7, 11) is 1.62. The fourth-order valence-electron chi connectivity index (χ4n) is 2.95. The number of pyridine rings is 1. The van der Waals surface area contributed by atoms with Gasteiger partial charge in [0.25, 0.3) is 5.91 Å². The number of aryl methyl sites for hydroxylation is 1. The lowest BCUT2D eigenvalue weighted by molar-refractivity contribution is 0.102. The summed E-state index contributed by atoms with van der Waals surface area (Å²) < 4.78 is 7.43. The van der Waals surface area contributed by atoms with Crippen molar-refractivity contribution in [3.05, 3.63) is 70.5 Å². The molecule has 2 heterocycles. The van der Waals surface area contributed by atoms with Crippen LogP contribution in [0.2, 0.25) is 0 Å². The number of hydrogen-bond acceptors (Lipinski definition) is 5. The number of nitrogens with zero attached hydrogens (tertiary/aromatic N) is 2. The fourth-order valence-corrected chi connectivity index (χ4v) is 4.14. The molecule has 0 fully saturated rings. The largest absolute Gasteiger partial charge is 0.496 e. The summed E-state index contributed by atoms with van der Waals surface area (Å²) in [4.78, 5) is 21.8. The first-order valence-electron chi connectivity index (χ1n) is 8.52. The maximum atomic E-state index is 13.0. The van der Waals surface area contributed by atoms with E-state index in [9.17, 15) is 4.79 Å². The molecule has 140 valence electrons. The number of carbonyl (C=O) groups is 1. The summed E-state index contributed by atoms with van der Waals surface area (Å²) in [5.74, 6) is 0.443. The van der Waals surface area contributed by atoms with E-state index in [0.717, 1.165) is 31.5 Å². The monoisotopic (exact) mass is 453 g/mol. The second-order valence-corrected chi connectivity index (χ2v) is 8.10. The van der Waals surface area contributed by atoms with Crippen molar-refractivity contribution < 1.29 is 9.53 Å². The molecule has 0 radical (unpaired) electrons. The molecule has 5 nitrogen and oxygen atoms in total. The average molecular weight is 454 g/mol. The van der Waals surface area contributed by atoms with E-state index in [4.69, 9.17) is 4.74 Å². The van der Waals surface area contributed by atoms with Gasteiger partial charge in [0.2, 0.25) is 0 Å². The normalized spacial score (nSPS) is 10.8. The van der Waals surface area contributed by atoms with Crippen LogP contribution in [0, 0.1) is 6.92 Å². The predicted octanol–water partition coefficient (Wildman–Crippen LogP) is 5.69. The third kappa shape index (κ3) is 3.63. The van der Waals surface area contributed by atoms with Crippen molar-refractivity contribution in [3.8, 4) is 16.9 Å². The second kappa shape index (κ2) is 7.69. The Morgan fingerprint density at radius 1 is 1.14 bits per heavy atom. The molecule has 4 rings (SSSR count). The third-order valence-corrected chi connectivity index (χ3v) is 5.70. The van der Waals surface area contributed by atoms with Crippen LogP contribution in [0.15, 0.2) is 59.2 Å². The highest BCUT2D eigenvalue weighted by Gasteiger charge is 2.18. The molecule has 1 N–H and O–H groups in total. The zero-order valence-electron chi connectivity index (χ0n) is 15.2. The fraction of sp³-hybridized carbons (Fsp3) is 0.0952. The number of carbonyl (C=O) groups excluding carboxylic acids is 1. The van der Waals surface area contributed by atoms with Crippen LogP contribution in [0.1, 0.15) is 16.1 Å². The van der Waals surface area contributed by atoms with Crippen molar-refractivity contribution in [3.63, 3.8) is 0 Å².